The van der Waals surface area contributed by atoms with Crippen LogP contribution in [0.2, 0.25) is 0 Å². The predicted molar refractivity (Wildman–Crippen MR) is 76.9 cm³/mol. The molecule has 0 bridgehead atoms. The summed E-state index contributed by atoms with van der Waals surface area (Å²) in [5.41, 5.74) is 5.12. The fourth-order valence-corrected chi connectivity index (χ4v) is 2.14. The molecule has 0 amide bonds. The van der Waals surface area contributed by atoms with Crippen LogP contribution in [0.5, 0.6) is 0 Å². The molecule has 0 radical (unpaired) electrons. The zero-order valence-electron chi connectivity index (χ0n) is 11.5. The lowest BCUT2D eigenvalue weighted by molar-refractivity contribution is 0.835. The van der Waals surface area contributed by atoms with E-state index >= 15 is 0 Å². The summed E-state index contributed by atoms with van der Waals surface area (Å²) in [6.07, 6.45) is 2.08. The van der Waals surface area contributed by atoms with Crippen molar-refractivity contribution in [1.29, 1.82) is 0 Å². The Balaban J connectivity index is 2.10. The number of hydrogen-bond acceptors (Lipinski definition) is 1. The van der Waals surface area contributed by atoms with E-state index in [4.69, 9.17) is 0 Å². The van der Waals surface area contributed by atoms with Gasteiger partial charge in [-0.15, -0.1) is 0 Å². The maximum absolute atomic E-state index is 4.63. The summed E-state index contributed by atoms with van der Waals surface area (Å²) < 4.78 is 0. The molecule has 94 valence electrons. The number of benzene rings is 1. The fraction of sp³-hybridized carbons (Fsp3) is 0.353. The molecular formula is C17H21N. The minimum atomic E-state index is 0.571. The van der Waals surface area contributed by atoms with E-state index in [0.717, 1.165) is 18.5 Å². The van der Waals surface area contributed by atoms with Gasteiger partial charge in [0.05, 0.1) is 0 Å². The van der Waals surface area contributed by atoms with Crippen molar-refractivity contribution in [2.24, 2.45) is 0 Å². The molecule has 18 heavy (non-hydrogen) atoms. The second-order valence-electron chi connectivity index (χ2n) is 5.17. The molecular weight excluding hydrogens is 218 g/mol. The van der Waals surface area contributed by atoms with Gasteiger partial charge in [0.1, 0.15) is 0 Å². The molecule has 1 nitrogen and oxygen atoms in total. The monoisotopic (exact) mass is 239 g/mol. The first kappa shape index (κ1) is 12.8. The van der Waals surface area contributed by atoms with Crippen molar-refractivity contribution < 1.29 is 0 Å². The van der Waals surface area contributed by atoms with Crippen molar-refractivity contribution in [3.8, 4) is 0 Å². The van der Waals surface area contributed by atoms with Crippen molar-refractivity contribution in [2.45, 2.75) is 39.5 Å². The molecule has 2 rings (SSSR count). The van der Waals surface area contributed by atoms with E-state index in [-0.39, 0.29) is 0 Å². The van der Waals surface area contributed by atoms with Crippen LogP contribution >= 0.6 is 0 Å². The van der Waals surface area contributed by atoms with Gasteiger partial charge in [0.2, 0.25) is 0 Å². The van der Waals surface area contributed by atoms with Crippen LogP contribution in [0, 0.1) is 6.92 Å². The Kier molecular flexibility index (Phi) is 4.14. The molecule has 1 heterocycles. The van der Waals surface area contributed by atoms with Crippen molar-refractivity contribution in [3.05, 3.63) is 65.0 Å². The van der Waals surface area contributed by atoms with Crippen molar-refractivity contribution in [1.82, 2.24) is 4.98 Å². The molecule has 1 heteroatoms. The van der Waals surface area contributed by atoms with Crippen LogP contribution in [0.15, 0.2) is 42.5 Å². The quantitative estimate of drug-likeness (QED) is 0.775. The van der Waals surface area contributed by atoms with E-state index in [1.165, 1.54) is 16.8 Å². The molecule has 0 spiro atoms. The van der Waals surface area contributed by atoms with Gasteiger partial charge in [0, 0.05) is 11.4 Å². The lowest BCUT2D eigenvalue weighted by Gasteiger charge is -2.09. The normalized spacial score (nSPS) is 10.9. The Hall–Kier alpha value is -1.63. The molecule has 0 aliphatic rings. The summed E-state index contributed by atoms with van der Waals surface area (Å²) in [6, 6.07) is 15.1. The van der Waals surface area contributed by atoms with E-state index in [1.807, 2.05) is 0 Å². The summed E-state index contributed by atoms with van der Waals surface area (Å²) in [4.78, 5) is 4.63. The topological polar surface area (TPSA) is 12.9 Å². The lowest BCUT2D eigenvalue weighted by Crippen LogP contribution is -1.99. The fourth-order valence-electron chi connectivity index (χ4n) is 2.14. The number of hydrogen-bond donors (Lipinski definition) is 0. The van der Waals surface area contributed by atoms with Gasteiger partial charge in [0.25, 0.3) is 0 Å². The minimum Gasteiger partial charge on any atom is -0.258 e. The summed E-state index contributed by atoms with van der Waals surface area (Å²) >= 11 is 0. The van der Waals surface area contributed by atoms with Crippen LogP contribution in [-0.4, -0.2) is 4.98 Å². The molecule has 0 atom stereocenters. The second-order valence-corrected chi connectivity index (χ2v) is 5.17. The Morgan fingerprint density at radius 2 is 1.72 bits per heavy atom. The smallest absolute Gasteiger partial charge is 0.0412 e. The maximum Gasteiger partial charge on any atom is 0.0412 e. The zero-order chi connectivity index (χ0) is 13.0. The Morgan fingerprint density at radius 3 is 2.39 bits per heavy atom. The van der Waals surface area contributed by atoms with E-state index in [0.29, 0.717) is 5.92 Å². The van der Waals surface area contributed by atoms with Gasteiger partial charge in [-0.1, -0.05) is 44.2 Å². The molecule has 2 aromatic rings. The van der Waals surface area contributed by atoms with Crippen LogP contribution in [0.3, 0.4) is 0 Å². The molecule has 0 saturated heterocycles. The number of aromatic nitrogens is 1. The Morgan fingerprint density at radius 1 is 1.00 bits per heavy atom. The Bertz CT molecular complexity index is 500. The average Bonchev–Trinajstić information content (AvgIpc) is 2.37. The molecule has 1 aromatic carbocycles. The SMILES string of the molecule is Cc1cc(C(C)C)cc(CCc2ccccc2)n1. The summed E-state index contributed by atoms with van der Waals surface area (Å²) in [6.45, 7) is 6.55. The molecule has 0 aliphatic carbocycles. The van der Waals surface area contributed by atoms with Crippen LogP contribution in [0.25, 0.3) is 0 Å². The predicted octanol–water partition coefficient (Wildman–Crippen LogP) is 4.30. The van der Waals surface area contributed by atoms with Crippen LogP contribution in [-0.2, 0) is 12.8 Å². The largest absolute Gasteiger partial charge is 0.258 e. The maximum atomic E-state index is 4.63. The first-order valence-corrected chi connectivity index (χ1v) is 6.66. The van der Waals surface area contributed by atoms with Gasteiger partial charge in [-0.05, 0) is 48.9 Å². The third-order valence-electron chi connectivity index (χ3n) is 3.21. The van der Waals surface area contributed by atoms with Crippen LogP contribution in [0.1, 0.15) is 42.3 Å². The highest BCUT2D eigenvalue weighted by Gasteiger charge is 2.04. The molecule has 0 unspecified atom stereocenters. The summed E-state index contributed by atoms with van der Waals surface area (Å²) in [5.74, 6) is 0.571. The molecule has 0 saturated carbocycles. The van der Waals surface area contributed by atoms with Crippen molar-refractivity contribution in [2.75, 3.05) is 0 Å². The van der Waals surface area contributed by atoms with Gasteiger partial charge in [0.15, 0.2) is 0 Å². The van der Waals surface area contributed by atoms with E-state index < -0.39 is 0 Å². The standard InChI is InChI=1S/C17H21N/c1-13(2)16-11-14(3)18-17(12-16)10-9-15-7-5-4-6-8-15/h4-8,11-13H,9-10H2,1-3H3. The van der Waals surface area contributed by atoms with Crippen molar-refractivity contribution in [3.63, 3.8) is 0 Å². The summed E-state index contributed by atoms with van der Waals surface area (Å²) in [7, 11) is 0. The number of pyridine rings is 1. The third kappa shape index (κ3) is 3.43. The Labute approximate surface area is 110 Å². The average molecular weight is 239 g/mol. The van der Waals surface area contributed by atoms with Gasteiger partial charge in [-0.25, -0.2) is 0 Å². The highest BCUT2D eigenvalue weighted by atomic mass is 14.7. The lowest BCUT2D eigenvalue weighted by atomic mass is 10.0. The first-order valence-electron chi connectivity index (χ1n) is 6.66. The molecule has 0 N–H and O–H groups in total. The first-order chi connectivity index (χ1) is 8.65. The van der Waals surface area contributed by atoms with Crippen LogP contribution in [0.4, 0.5) is 0 Å². The zero-order valence-corrected chi connectivity index (χ0v) is 11.5. The number of rotatable bonds is 4. The molecule has 0 fully saturated rings. The van der Waals surface area contributed by atoms with Crippen molar-refractivity contribution >= 4 is 0 Å². The van der Waals surface area contributed by atoms with Gasteiger partial charge >= 0.3 is 0 Å². The highest BCUT2D eigenvalue weighted by molar-refractivity contribution is 5.25. The minimum absolute atomic E-state index is 0.571. The second kappa shape index (κ2) is 5.81. The van der Waals surface area contributed by atoms with Gasteiger partial charge in [-0.3, -0.25) is 4.98 Å². The number of nitrogens with zero attached hydrogens (tertiary/aromatic N) is 1. The van der Waals surface area contributed by atoms with Gasteiger partial charge < -0.3 is 0 Å². The van der Waals surface area contributed by atoms with E-state index in [9.17, 15) is 0 Å². The van der Waals surface area contributed by atoms with Crippen LogP contribution < -0.4 is 0 Å². The number of aryl methyl sites for hydroxylation is 3. The van der Waals surface area contributed by atoms with E-state index in [2.05, 4.69) is 68.2 Å². The highest BCUT2D eigenvalue weighted by Crippen LogP contribution is 2.17. The molecule has 1 aromatic heterocycles. The van der Waals surface area contributed by atoms with E-state index in [1.54, 1.807) is 0 Å². The third-order valence-corrected chi connectivity index (χ3v) is 3.21. The summed E-state index contributed by atoms with van der Waals surface area (Å²) in [5, 5.41) is 0. The molecule has 0 aliphatic heterocycles. The van der Waals surface area contributed by atoms with Gasteiger partial charge in [-0.2, -0.15) is 0 Å².